The van der Waals surface area contributed by atoms with Crippen molar-refractivity contribution >= 4 is 12.0 Å². The van der Waals surface area contributed by atoms with Crippen LogP contribution in [0.3, 0.4) is 0 Å². The number of ether oxygens (including phenoxy) is 1. The lowest BCUT2D eigenvalue weighted by molar-refractivity contribution is -0.117. The minimum atomic E-state index is -0.385. The summed E-state index contributed by atoms with van der Waals surface area (Å²) in [7, 11) is 0. The highest BCUT2D eigenvalue weighted by Crippen LogP contribution is 2.12. The van der Waals surface area contributed by atoms with E-state index in [0.29, 0.717) is 12.1 Å². The van der Waals surface area contributed by atoms with Gasteiger partial charge in [0.05, 0.1) is 13.2 Å². The number of nitrogens with zero attached hydrogens (tertiary/aromatic N) is 2. The fraction of sp³-hybridized carbons (Fsp3) is 0.375. The standard InChI is InChI=1S/C16H19N3O3/c17-12-14(11-13-1-3-15(20)4-2-13)16(21)18-5-6-19-7-9-22-10-8-19/h1-4,11,20H,5-10H2,(H,18,21). The lowest BCUT2D eigenvalue weighted by Crippen LogP contribution is -2.41. The van der Waals surface area contributed by atoms with Gasteiger partial charge in [-0.1, -0.05) is 12.1 Å². The zero-order valence-electron chi connectivity index (χ0n) is 12.3. The Kier molecular flexibility index (Phi) is 5.95. The molecule has 1 aliphatic rings. The summed E-state index contributed by atoms with van der Waals surface area (Å²) in [5, 5.41) is 21.1. The average Bonchev–Trinajstić information content (AvgIpc) is 2.55. The lowest BCUT2D eigenvalue weighted by atomic mass is 10.1. The van der Waals surface area contributed by atoms with E-state index >= 15 is 0 Å². The van der Waals surface area contributed by atoms with Crippen molar-refractivity contribution in [2.75, 3.05) is 39.4 Å². The van der Waals surface area contributed by atoms with Gasteiger partial charge < -0.3 is 15.2 Å². The number of amides is 1. The molecule has 0 spiro atoms. The fourth-order valence-corrected chi connectivity index (χ4v) is 2.13. The van der Waals surface area contributed by atoms with E-state index in [2.05, 4.69) is 10.2 Å². The molecule has 0 saturated carbocycles. The number of phenolic OH excluding ortho intramolecular Hbond substituents is 1. The summed E-state index contributed by atoms with van der Waals surface area (Å²) in [6, 6.07) is 8.22. The quantitative estimate of drug-likeness (QED) is 0.619. The third-order valence-corrected chi connectivity index (χ3v) is 3.39. The first-order chi connectivity index (χ1) is 10.7. The van der Waals surface area contributed by atoms with Crippen LogP contribution in [0.15, 0.2) is 29.8 Å². The second-order valence-corrected chi connectivity index (χ2v) is 4.97. The largest absolute Gasteiger partial charge is 0.508 e. The zero-order chi connectivity index (χ0) is 15.8. The van der Waals surface area contributed by atoms with Gasteiger partial charge in [0.15, 0.2) is 0 Å². The number of morpholine rings is 1. The lowest BCUT2D eigenvalue weighted by Gasteiger charge is -2.26. The number of nitriles is 1. The highest BCUT2D eigenvalue weighted by molar-refractivity contribution is 6.01. The molecule has 6 heteroatoms. The predicted molar refractivity (Wildman–Crippen MR) is 82.0 cm³/mol. The van der Waals surface area contributed by atoms with Crippen LogP contribution in [0.2, 0.25) is 0 Å². The van der Waals surface area contributed by atoms with Crippen molar-refractivity contribution < 1.29 is 14.6 Å². The number of aromatic hydroxyl groups is 1. The van der Waals surface area contributed by atoms with Gasteiger partial charge >= 0.3 is 0 Å². The Labute approximate surface area is 129 Å². The molecule has 0 radical (unpaired) electrons. The van der Waals surface area contributed by atoms with Crippen molar-refractivity contribution in [3.05, 3.63) is 35.4 Å². The molecule has 1 fully saturated rings. The molecular weight excluding hydrogens is 282 g/mol. The van der Waals surface area contributed by atoms with Crippen molar-refractivity contribution in [3.63, 3.8) is 0 Å². The van der Waals surface area contributed by atoms with Gasteiger partial charge in [-0.3, -0.25) is 9.69 Å². The van der Waals surface area contributed by atoms with E-state index in [1.807, 2.05) is 6.07 Å². The first-order valence-corrected chi connectivity index (χ1v) is 7.18. The molecule has 1 aliphatic heterocycles. The maximum atomic E-state index is 12.0. The van der Waals surface area contributed by atoms with Crippen molar-refractivity contribution in [2.45, 2.75) is 0 Å². The molecular formula is C16H19N3O3. The van der Waals surface area contributed by atoms with Crippen LogP contribution in [0.1, 0.15) is 5.56 Å². The molecule has 6 nitrogen and oxygen atoms in total. The zero-order valence-corrected chi connectivity index (χ0v) is 12.3. The first kappa shape index (κ1) is 16.0. The molecule has 1 heterocycles. The molecule has 1 aromatic rings. The normalized spacial score (nSPS) is 16.0. The van der Waals surface area contributed by atoms with Crippen LogP contribution in [0.5, 0.6) is 5.75 Å². The molecule has 0 aliphatic carbocycles. The Morgan fingerprint density at radius 2 is 2.05 bits per heavy atom. The van der Waals surface area contributed by atoms with Gasteiger partial charge in [-0.2, -0.15) is 5.26 Å². The second kappa shape index (κ2) is 8.17. The Morgan fingerprint density at radius 3 is 2.68 bits per heavy atom. The maximum Gasteiger partial charge on any atom is 0.261 e. The van der Waals surface area contributed by atoms with Crippen molar-refractivity contribution in [1.82, 2.24) is 10.2 Å². The molecule has 2 rings (SSSR count). The van der Waals surface area contributed by atoms with Crippen molar-refractivity contribution in [1.29, 1.82) is 5.26 Å². The summed E-state index contributed by atoms with van der Waals surface area (Å²) in [5.74, 6) is -0.241. The van der Waals surface area contributed by atoms with Crippen molar-refractivity contribution in [3.8, 4) is 11.8 Å². The number of hydrogen-bond donors (Lipinski definition) is 2. The number of benzene rings is 1. The third-order valence-electron chi connectivity index (χ3n) is 3.39. The summed E-state index contributed by atoms with van der Waals surface area (Å²) in [6.07, 6.45) is 1.50. The van der Waals surface area contributed by atoms with Crippen LogP contribution in [0, 0.1) is 11.3 Å². The van der Waals surface area contributed by atoms with E-state index in [1.165, 1.54) is 18.2 Å². The Hall–Kier alpha value is -2.36. The number of nitrogens with one attached hydrogen (secondary N) is 1. The highest BCUT2D eigenvalue weighted by Gasteiger charge is 2.12. The smallest absolute Gasteiger partial charge is 0.261 e. The van der Waals surface area contributed by atoms with Gasteiger partial charge in [-0.05, 0) is 23.8 Å². The molecule has 1 saturated heterocycles. The van der Waals surface area contributed by atoms with Gasteiger partial charge in [0.1, 0.15) is 17.4 Å². The van der Waals surface area contributed by atoms with E-state index in [1.54, 1.807) is 12.1 Å². The van der Waals surface area contributed by atoms with Crippen LogP contribution in [0.4, 0.5) is 0 Å². The van der Waals surface area contributed by atoms with Crippen LogP contribution < -0.4 is 5.32 Å². The number of phenols is 1. The number of carbonyl (C=O) groups is 1. The number of carbonyl (C=O) groups excluding carboxylic acids is 1. The Bertz CT molecular complexity index is 569. The van der Waals surface area contributed by atoms with Crippen LogP contribution in [0.25, 0.3) is 6.08 Å². The molecule has 1 aromatic carbocycles. The van der Waals surface area contributed by atoms with Crippen LogP contribution in [-0.4, -0.2) is 55.3 Å². The molecule has 0 bridgehead atoms. The topological polar surface area (TPSA) is 85.6 Å². The molecule has 1 amide bonds. The molecule has 0 aromatic heterocycles. The van der Waals surface area contributed by atoms with E-state index in [-0.39, 0.29) is 17.2 Å². The monoisotopic (exact) mass is 301 g/mol. The first-order valence-electron chi connectivity index (χ1n) is 7.18. The third kappa shape index (κ3) is 4.88. The van der Waals surface area contributed by atoms with E-state index < -0.39 is 0 Å². The van der Waals surface area contributed by atoms with E-state index in [4.69, 9.17) is 10.00 Å². The summed E-state index contributed by atoms with van der Waals surface area (Å²) in [4.78, 5) is 14.2. The highest BCUT2D eigenvalue weighted by atomic mass is 16.5. The van der Waals surface area contributed by atoms with Gasteiger partial charge in [-0.15, -0.1) is 0 Å². The SMILES string of the molecule is N#CC(=Cc1ccc(O)cc1)C(=O)NCCN1CCOCC1. The van der Waals surface area contributed by atoms with Crippen LogP contribution in [-0.2, 0) is 9.53 Å². The summed E-state index contributed by atoms with van der Waals surface area (Å²) in [6.45, 7) is 4.41. The molecule has 116 valence electrons. The second-order valence-electron chi connectivity index (χ2n) is 4.97. The van der Waals surface area contributed by atoms with Gasteiger partial charge in [0, 0.05) is 26.2 Å². The number of hydrogen-bond acceptors (Lipinski definition) is 5. The van der Waals surface area contributed by atoms with Gasteiger partial charge in [0.2, 0.25) is 0 Å². The fourth-order valence-electron chi connectivity index (χ4n) is 2.13. The summed E-state index contributed by atoms with van der Waals surface area (Å²) in [5.41, 5.74) is 0.741. The minimum Gasteiger partial charge on any atom is -0.508 e. The summed E-state index contributed by atoms with van der Waals surface area (Å²) >= 11 is 0. The molecule has 2 N–H and O–H groups in total. The minimum absolute atomic E-state index is 0.0488. The van der Waals surface area contributed by atoms with Crippen LogP contribution >= 0.6 is 0 Å². The maximum absolute atomic E-state index is 12.0. The summed E-state index contributed by atoms with van der Waals surface area (Å²) < 4.78 is 5.26. The Morgan fingerprint density at radius 1 is 1.36 bits per heavy atom. The van der Waals surface area contributed by atoms with E-state index in [0.717, 1.165) is 32.8 Å². The molecule has 0 unspecified atom stereocenters. The van der Waals surface area contributed by atoms with Gasteiger partial charge in [0.25, 0.3) is 5.91 Å². The number of rotatable bonds is 5. The van der Waals surface area contributed by atoms with E-state index in [9.17, 15) is 9.90 Å². The van der Waals surface area contributed by atoms with Crippen molar-refractivity contribution in [2.24, 2.45) is 0 Å². The Balaban J connectivity index is 1.86. The predicted octanol–water partition coefficient (Wildman–Crippen LogP) is 0.748. The van der Waals surface area contributed by atoms with Gasteiger partial charge in [-0.25, -0.2) is 0 Å². The average molecular weight is 301 g/mol. The molecule has 22 heavy (non-hydrogen) atoms. The molecule has 0 atom stereocenters.